The molecule has 8 heteroatoms. The number of benzene rings is 3. The third kappa shape index (κ3) is 4.85. The summed E-state index contributed by atoms with van der Waals surface area (Å²) < 4.78 is 30.8. The van der Waals surface area contributed by atoms with Crippen LogP contribution in [0, 0.1) is 0 Å². The molecule has 3 aromatic carbocycles. The van der Waals surface area contributed by atoms with Crippen LogP contribution in [0.15, 0.2) is 76.1 Å². The second-order valence-corrected chi connectivity index (χ2v) is 8.42. The van der Waals surface area contributed by atoms with Gasteiger partial charge in [0.25, 0.3) is 15.9 Å². The minimum Gasteiger partial charge on any atom is -0.481 e. The monoisotopic (exact) mass is 448 g/mol. The summed E-state index contributed by atoms with van der Waals surface area (Å²) in [6.45, 7) is 1.54. The van der Waals surface area contributed by atoms with Crippen LogP contribution in [0.2, 0.25) is 0 Å². The number of halogens is 1. The lowest BCUT2D eigenvalue weighted by Gasteiger charge is -2.15. The smallest absolute Gasteiger partial charge is 0.275 e. The van der Waals surface area contributed by atoms with Crippen molar-refractivity contribution in [3.8, 4) is 5.75 Å². The predicted molar refractivity (Wildman–Crippen MR) is 107 cm³/mol. The molecule has 3 rings (SSSR count). The van der Waals surface area contributed by atoms with Gasteiger partial charge in [0.15, 0.2) is 6.10 Å². The number of hydrogen-bond acceptors (Lipinski definition) is 4. The topological polar surface area (TPSA) is 84.5 Å². The molecule has 0 saturated carbocycles. The van der Waals surface area contributed by atoms with Crippen molar-refractivity contribution in [2.45, 2.75) is 17.9 Å². The number of ether oxygens (including phenoxy) is 1. The van der Waals surface area contributed by atoms with Gasteiger partial charge >= 0.3 is 0 Å². The highest BCUT2D eigenvalue weighted by molar-refractivity contribution is 9.10. The van der Waals surface area contributed by atoms with Gasteiger partial charge in [-0.2, -0.15) is 0 Å². The van der Waals surface area contributed by atoms with Crippen LogP contribution in [0.25, 0.3) is 10.8 Å². The van der Waals surface area contributed by atoms with Crippen molar-refractivity contribution >= 4 is 42.6 Å². The maximum absolute atomic E-state index is 12.2. The third-order valence-electron chi connectivity index (χ3n) is 3.84. The maximum atomic E-state index is 12.2. The number of rotatable bonds is 6. The van der Waals surface area contributed by atoms with Crippen molar-refractivity contribution in [2.24, 2.45) is 0 Å². The average Bonchev–Trinajstić information content (AvgIpc) is 2.66. The lowest BCUT2D eigenvalue weighted by atomic mass is 10.1. The Morgan fingerprint density at radius 2 is 1.67 bits per heavy atom. The van der Waals surface area contributed by atoms with E-state index < -0.39 is 22.0 Å². The van der Waals surface area contributed by atoms with Crippen molar-refractivity contribution in [3.05, 3.63) is 71.2 Å². The molecule has 6 nitrogen and oxygen atoms in total. The van der Waals surface area contributed by atoms with Crippen LogP contribution in [0.5, 0.6) is 5.75 Å². The highest BCUT2D eigenvalue weighted by atomic mass is 79.9. The van der Waals surface area contributed by atoms with Crippen LogP contribution in [-0.4, -0.2) is 20.4 Å². The van der Waals surface area contributed by atoms with E-state index in [4.69, 9.17) is 4.74 Å². The van der Waals surface area contributed by atoms with Gasteiger partial charge in [0, 0.05) is 4.47 Å². The Morgan fingerprint density at radius 1 is 1.00 bits per heavy atom. The zero-order valence-corrected chi connectivity index (χ0v) is 16.7. The summed E-state index contributed by atoms with van der Waals surface area (Å²) in [7, 11) is -3.87. The molecule has 0 aliphatic heterocycles. The number of nitrogens with one attached hydrogen (secondary N) is 2. The second-order valence-electron chi connectivity index (χ2n) is 5.82. The van der Waals surface area contributed by atoms with Gasteiger partial charge in [-0.1, -0.05) is 46.3 Å². The number of carbonyl (C=O) groups is 1. The maximum Gasteiger partial charge on any atom is 0.275 e. The quantitative estimate of drug-likeness (QED) is 0.566. The summed E-state index contributed by atoms with van der Waals surface area (Å²) in [6, 6.07) is 19.3. The van der Waals surface area contributed by atoms with Gasteiger partial charge in [-0.05, 0) is 54.1 Å². The van der Waals surface area contributed by atoms with Gasteiger partial charge in [-0.25, -0.2) is 8.42 Å². The van der Waals surface area contributed by atoms with E-state index >= 15 is 0 Å². The van der Waals surface area contributed by atoms with Crippen molar-refractivity contribution in [1.82, 2.24) is 10.3 Å². The van der Waals surface area contributed by atoms with Crippen molar-refractivity contribution in [1.29, 1.82) is 0 Å². The fourth-order valence-corrected chi connectivity index (χ4v) is 3.50. The standard InChI is InChI=1S/C19H17BrN2O4S/c1-13(26-17-9-6-14-4-2-3-5-15(14)12-17)19(23)21-22-27(24,25)18-10-7-16(20)8-11-18/h2-13,22H,1H3,(H,21,23)/t13-/m1/s1. The van der Waals surface area contributed by atoms with Crippen LogP contribution in [0.3, 0.4) is 0 Å². The van der Waals surface area contributed by atoms with Gasteiger partial charge in [0.2, 0.25) is 0 Å². The molecule has 0 aliphatic rings. The van der Waals surface area contributed by atoms with E-state index in [1.807, 2.05) is 36.4 Å². The van der Waals surface area contributed by atoms with Crippen LogP contribution in [0.4, 0.5) is 0 Å². The Bertz CT molecular complexity index is 1070. The molecule has 0 spiro atoms. The Kier molecular flexibility index (Phi) is 5.79. The lowest BCUT2D eigenvalue weighted by Crippen LogP contribution is -2.47. The zero-order valence-electron chi connectivity index (χ0n) is 14.3. The van der Waals surface area contributed by atoms with Gasteiger partial charge < -0.3 is 4.74 Å². The molecule has 0 heterocycles. The van der Waals surface area contributed by atoms with E-state index in [0.29, 0.717) is 5.75 Å². The van der Waals surface area contributed by atoms with Crippen molar-refractivity contribution in [2.75, 3.05) is 0 Å². The summed E-state index contributed by atoms with van der Waals surface area (Å²) in [5.41, 5.74) is 2.18. The predicted octanol–water partition coefficient (Wildman–Crippen LogP) is 3.38. The molecule has 0 fully saturated rings. The number of fused-ring (bicyclic) bond motifs is 1. The molecule has 0 unspecified atom stereocenters. The lowest BCUT2D eigenvalue weighted by molar-refractivity contribution is -0.127. The van der Waals surface area contributed by atoms with E-state index in [2.05, 4.69) is 26.2 Å². The first kappa shape index (κ1) is 19.3. The minimum atomic E-state index is -3.87. The zero-order chi connectivity index (χ0) is 19.4. The fourth-order valence-electron chi connectivity index (χ4n) is 2.39. The van der Waals surface area contributed by atoms with Gasteiger partial charge in [-0.3, -0.25) is 10.2 Å². The van der Waals surface area contributed by atoms with Gasteiger partial charge in [0.05, 0.1) is 4.90 Å². The molecule has 1 atom stereocenters. The summed E-state index contributed by atoms with van der Waals surface area (Å²) in [5.74, 6) is -0.0871. The molecule has 27 heavy (non-hydrogen) atoms. The summed E-state index contributed by atoms with van der Waals surface area (Å²) in [4.78, 5) is 14.3. The molecule has 0 bridgehead atoms. The van der Waals surface area contributed by atoms with Crippen molar-refractivity contribution in [3.63, 3.8) is 0 Å². The normalized spacial score (nSPS) is 12.5. The summed E-state index contributed by atoms with van der Waals surface area (Å²) >= 11 is 3.24. The van der Waals surface area contributed by atoms with E-state index in [-0.39, 0.29) is 4.90 Å². The van der Waals surface area contributed by atoms with Crippen LogP contribution >= 0.6 is 15.9 Å². The number of sulfonamides is 1. The molecule has 3 aromatic rings. The number of amides is 1. The SMILES string of the molecule is C[C@@H](Oc1ccc2ccccc2c1)C(=O)NNS(=O)(=O)c1ccc(Br)cc1. The first-order valence-corrected chi connectivity index (χ1v) is 10.4. The highest BCUT2D eigenvalue weighted by Crippen LogP contribution is 2.21. The van der Waals surface area contributed by atoms with E-state index in [9.17, 15) is 13.2 Å². The first-order valence-electron chi connectivity index (χ1n) is 8.08. The Morgan fingerprint density at radius 3 is 2.37 bits per heavy atom. The largest absolute Gasteiger partial charge is 0.481 e. The highest BCUT2D eigenvalue weighted by Gasteiger charge is 2.19. The summed E-state index contributed by atoms with van der Waals surface area (Å²) in [6.07, 6.45) is -0.890. The van der Waals surface area contributed by atoms with Gasteiger partial charge in [0.1, 0.15) is 5.75 Å². The van der Waals surface area contributed by atoms with Crippen LogP contribution < -0.4 is 15.0 Å². The van der Waals surface area contributed by atoms with Gasteiger partial charge in [-0.15, -0.1) is 4.83 Å². The molecule has 0 aliphatic carbocycles. The second kappa shape index (κ2) is 8.08. The molecule has 0 aromatic heterocycles. The minimum absolute atomic E-state index is 0.0362. The number of carbonyl (C=O) groups excluding carboxylic acids is 1. The number of hydrazine groups is 1. The third-order valence-corrected chi connectivity index (χ3v) is 5.63. The fraction of sp³-hybridized carbons (Fsp3) is 0.105. The Labute approximate surface area is 165 Å². The first-order chi connectivity index (χ1) is 12.8. The number of hydrogen-bond donors (Lipinski definition) is 2. The van der Waals surface area contributed by atoms with Crippen LogP contribution in [0.1, 0.15) is 6.92 Å². The summed E-state index contributed by atoms with van der Waals surface area (Å²) in [5, 5.41) is 2.04. The molecule has 140 valence electrons. The molecule has 0 radical (unpaired) electrons. The molecular formula is C19H17BrN2O4S. The van der Waals surface area contributed by atoms with E-state index in [1.54, 1.807) is 25.1 Å². The molecule has 1 amide bonds. The van der Waals surface area contributed by atoms with Crippen molar-refractivity contribution < 1.29 is 17.9 Å². The van der Waals surface area contributed by atoms with Crippen LogP contribution in [-0.2, 0) is 14.8 Å². The Hall–Kier alpha value is -2.42. The average molecular weight is 449 g/mol. The van der Waals surface area contributed by atoms with E-state index in [0.717, 1.165) is 15.2 Å². The molecule has 2 N–H and O–H groups in total. The molecule has 0 saturated heterocycles. The molecular weight excluding hydrogens is 432 g/mol. The van der Waals surface area contributed by atoms with E-state index in [1.165, 1.54) is 12.1 Å². The Balaban J connectivity index is 1.62.